The highest BCUT2D eigenvalue weighted by Gasteiger charge is 2.19. The summed E-state index contributed by atoms with van der Waals surface area (Å²) in [5, 5.41) is 1.14. The number of aromatic nitrogens is 4. The summed E-state index contributed by atoms with van der Waals surface area (Å²) in [5.41, 5.74) is 5.76. The Morgan fingerprint density at radius 3 is 2.37 bits per heavy atom. The lowest BCUT2D eigenvalue weighted by Crippen LogP contribution is -2.35. The van der Waals surface area contributed by atoms with Crippen molar-refractivity contribution in [2.45, 2.75) is 17.5 Å². The van der Waals surface area contributed by atoms with Gasteiger partial charge in [0, 0.05) is 0 Å². The zero-order chi connectivity index (χ0) is 18.1. The predicted molar refractivity (Wildman–Crippen MR) is 110 cm³/mol. The fourth-order valence-electron chi connectivity index (χ4n) is 3.35. The van der Waals surface area contributed by atoms with E-state index in [4.69, 9.17) is 4.98 Å². The molecule has 0 radical (unpaired) electrons. The minimum absolute atomic E-state index is 0.788. The molecule has 0 saturated carbocycles. The second-order valence-corrected chi connectivity index (χ2v) is 7.47. The van der Waals surface area contributed by atoms with Gasteiger partial charge in [0.25, 0.3) is 0 Å². The van der Waals surface area contributed by atoms with Gasteiger partial charge < -0.3 is 4.98 Å². The van der Waals surface area contributed by atoms with Crippen LogP contribution in [0.15, 0.2) is 84.0 Å². The van der Waals surface area contributed by atoms with Gasteiger partial charge in [0.2, 0.25) is 0 Å². The van der Waals surface area contributed by atoms with Crippen molar-refractivity contribution in [3.05, 3.63) is 90.3 Å². The smallest absolute Gasteiger partial charge is 0.317 e. The summed E-state index contributed by atoms with van der Waals surface area (Å²) in [5.74, 6) is 1.78. The van der Waals surface area contributed by atoms with Crippen molar-refractivity contribution in [1.29, 1.82) is 0 Å². The maximum atomic E-state index is 4.70. The molecule has 5 aromatic rings. The summed E-state index contributed by atoms with van der Waals surface area (Å²) in [6, 6.07) is 27.2. The van der Waals surface area contributed by atoms with E-state index in [0.717, 1.165) is 39.8 Å². The summed E-state index contributed by atoms with van der Waals surface area (Å²) >= 11 is 1.77. The molecule has 2 N–H and O–H groups in total. The van der Waals surface area contributed by atoms with E-state index < -0.39 is 0 Å². The van der Waals surface area contributed by atoms with Crippen LogP contribution in [0.25, 0.3) is 22.1 Å². The monoisotopic (exact) mass is 371 g/mol. The average Bonchev–Trinajstić information content (AvgIpc) is 3.28. The Balaban J connectivity index is 1.47. The number of aromatic amines is 2. The van der Waals surface area contributed by atoms with Crippen LogP contribution in [0.4, 0.5) is 0 Å². The molecule has 0 atom stereocenters. The number of nitrogens with zero attached hydrogens (tertiary/aromatic N) is 2. The van der Waals surface area contributed by atoms with Gasteiger partial charge in [-0.25, -0.2) is 14.5 Å². The van der Waals surface area contributed by atoms with Crippen LogP contribution in [0.1, 0.15) is 11.4 Å². The molecule has 0 aliphatic rings. The molecule has 132 valence electrons. The van der Waals surface area contributed by atoms with Crippen LogP contribution in [-0.4, -0.2) is 15.0 Å². The molecule has 4 nitrogen and oxygen atoms in total. The first-order valence-corrected chi connectivity index (χ1v) is 9.96. The van der Waals surface area contributed by atoms with Gasteiger partial charge in [-0.05, 0) is 41.6 Å². The number of hydrogen-bond donors (Lipinski definition) is 2. The molecule has 0 aliphatic heterocycles. The summed E-state index contributed by atoms with van der Waals surface area (Å²) in [6.45, 7) is 0.841. The lowest BCUT2D eigenvalue weighted by Gasteiger charge is -2.02. The van der Waals surface area contributed by atoms with E-state index in [2.05, 4.69) is 75.2 Å². The maximum absolute atomic E-state index is 4.70. The molecule has 0 amide bonds. The lowest BCUT2D eigenvalue weighted by molar-refractivity contribution is -0.700. The van der Waals surface area contributed by atoms with E-state index >= 15 is 0 Å². The van der Waals surface area contributed by atoms with Gasteiger partial charge in [0.15, 0.2) is 11.0 Å². The third-order valence-corrected chi connectivity index (χ3v) is 5.66. The number of hydrogen-bond acceptors (Lipinski definition) is 2. The van der Waals surface area contributed by atoms with Crippen LogP contribution < -0.4 is 4.57 Å². The summed E-state index contributed by atoms with van der Waals surface area (Å²) < 4.78 is 2.35. The number of fused-ring (bicyclic) bond motifs is 2. The standard InChI is InChI=1S/C22H18N4S/c1-2-8-16(9-3-1)14-26-20-13-7-6-12-19(20)25-22(26)27-15-21-23-17-10-4-5-11-18(17)24-21/h1-13H,14-15H2,(H,23,24)/p+1. The number of nitrogens with one attached hydrogen (secondary N) is 2. The number of benzene rings is 3. The summed E-state index contributed by atoms with van der Waals surface area (Å²) in [7, 11) is 0. The molecule has 3 aromatic carbocycles. The average molecular weight is 371 g/mol. The van der Waals surface area contributed by atoms with E-state index in [1.54, 1.807) is 11.8 Å². The van der Waals surface area contributed by atoms with Gasteiger partial charge in [0.05, 0.1) is 16.8 Å². The molecule has 5 heteroatoms. The van der Waals surface area contributed by atoms with E-state index in [1.807, 2.05) is 18.2 Å². The Hall–Kier alpha value is -3.05. The number of H-pyrrole nitrogens is 2. The second kappa shape index (κ2) is 6.93. The van der Waals surface area contributed by atoms with Crippen LogP contribution in [-0.2, 0) is 12.3 Å². The SMILES string of the molecule is c1ccc(C[n+]2c(SCc3nc4ccccc4[nH]3)[nH]c3ccccc32)cc1. The van der Waals surface area contributed by atoms with Gasteiger partial charge in [-0.3, -0.25) is 0 Å². The quantitative estimate of drug-likeness (QED) is 0.348. The molecular formula is C22H19N4S+. The van der Waals surface area contributed by atoms with Crippen LogP contribution in [0.2, 0.25) is 0 Å². The number of thioether (sulfide) groups is 1. The van der Waals surface area contributed by atoms with Crippen LogP contribution >= 0.6 is 11.8 Å². The van der Waals surface area contributed by atoms with Crippen molar-refractivity contribution in [2.24, 2.45) is 0 Å². The molecule has 5 rings (SSSR count). The molecule has 0 saturated heterocycles. The van der Waals surface area contributed by atoms with Crippen molar-refractivity contribution in [2.75, 3.05) is 0 Å². The molecule has 0 fully saturated rings. The Kier molecular flexibility index (Phi) is 4.14. The number of rotatable bonds is 5. The Morgan fingerprint density at radius 1 is 0.778 bits per heavy atom. The molecule has 0 aliphatic carbocycles. The predicted octanol–water partition coefficient (Wildman–Crippen LogP) is 4.67. The molecule has 0 spiro atoms. The molecule has 27 heavy (non-hydrogen) atoms. The summed E-state index contributed by atoms with van der Waals surface area (Å²) in [6.07, 6.45) is 0. The molecule has 0 bridgehead atoms. The molecule has 2 aromatic heterocycles. The Bertz CT molecular complexity index is 1170. The van der Waals surface area contributed by atoms with E-state index in [9.17, 15) is 0 Å². The van der Waals surface area contributed by atoms with Crippen LogP contribution in [0.3, 0.4) is 0 Å². The van der Waals surface area contributed by atoms with Crippen molar-refractivity contribution < 1.29 is 4.57 Å². The zero-order valence-electron chi connectivity index (χ0n) is 14.7. The van der Waals surface area contributed by atoms with E-state index in [0.29, 0.717) is 0 Å². The first kappa shape index (κ1) is 16.1. The van der Waals surface area contributed by atoms with Gasteiger partial charge >= 0.3 is 5.16 Å². The van der Waals surface area contributed by atoms with Crippen LogP contribution in [0, 0.1) is 0 Å². The van der Waals surface area contributed by atoms with Gasteiger partial charge in [-0.15, -0.1) is 0 Å². The van der Waals surface area contributed by atoms with Crippen LogP contribution in [0.5, 0.6) is 0 Å². The largest absolute Gasteiger partial charge is 0.341 e. The van der Waals surface area contributed by atoms with Crippen molar-refractivity contribution in [3.63, 3.8) is 0 Å². The zero-order valence-corrected chi connectivity index (χ0v) is 15.5. The molecule has 2 heterocycles. The highest BCUT2D eigenvalue weighted by atomic mass is 32.2. The highest BCUT2D eigenvalue weighted by molar-refractivity contribution is 7.98. The minimum atomic E-state index is 0.788. The van der Waals surface area contributed by atoms with Crippen molar-refractivity contribution >= 4 is 33.8 Å². The highest BCUT2D eigenvalue weighted by Crippen LogP contribution is 2.22. The number of imidazole rings is 2. The topological polar surface area (TPSA) is 48.4 Å². The summed E-state index contributed by atoms with van der Waals surface area (Å²) in [4.78, 5) is 11.7. The number of para-hydroxylation sites is 4. The Morgan fingerprint density at radius 2 is 1.52 bits per heavy atom. The third kappa shape index (κ3) is 3.22. The van der Waals surface area contributed by atoms with Gasteiger partial charge in [0.1, 0.15) is 12.4 Å². The van der Waals surface area contributed by atoms with E-state index in [-0.39, 0.29) is 0 Å². The van der Waals surface area contributed by atoms with Crippen molar-refractivity contribution in [3.8, 4) is 0 Å². The lowest BCUT2D eigenvalue weighted by atomic mass is 10.2. The van der Waals surface area contributed by atoms with Gasteiger partial charge in [-0.2, -0.15) is 0 Å². The normalized spacial score (nSPS) is 11.4. The third-order valence-electron chi connectivity index (χ3n) is 4.65. The molecular weight excluding hydrogens is 352 g/mol. The van der Waals surface area contributed by atoms with E-state index in [1.165, 1.54) is 11.1 Å². The van der Waals surface area contributed by atoms with Crippen molar-refractivity contribution in [1.82, 2.24) is 15.0 Å². The minimum Gasteiger partial charge on any atom is -0.341 e. The fourth-order valence-corrected chi connectivity index (χ4v) is 4.27. The fraction of sp³-hybridized carbons (Fsp3) is 0.0909. The van der Waals surface area contributed by atoms with Gasteiger partial charge in [-0.1, -0.05) is 54.6 Å². The molecule has 0 unspecified atom stereocenters. The maximum Gasteiger partial charge on any atom is 0.317 e. The first-order valence-electron chi connectivity index (χ1n) is 8.98. The Labute approximate surface area is 161 Å². The first-order chi connectivity index (χ1) is 13.4. The second-order valence-electron chi connectivity index (χ2n) is 6.51.